The van der Waals surface area contributed by atoms with Gasteiger partial charge in [-0.15, -0.1) is 0 Å². The van der Waals surface area contributed by atoms with Gasteiger partial charge in [0.2, 0.25) is 0 Å². The number of rotatable bonds is 6. The predicted molar refractivity (Wildman–Crippen MR) is 79.3 cm³/mol. The number of likely N-dealkylation sites (N-methyl/N-ethyl adjacent to an activating group) is 1. The van der Waals surface area contributed by atoms with E-state index in [0.717, 1.165) is 13.1 Å². The van der Waals surface area contributed by atoms with Crippen LogP contribution in [-0.4, -0.2) is 40.9 Å². The Labute approximate surface area is 117 Å². The maximum absolute atomic E-state index is 4.56. The zero-order valence-electron chi connectivity index (χ0n) is 13.0. The first-order valence-electron chi connectivity index (χ1n) is 7.35. The van der Waals surface area contributed by atoms with E-state index in [4.69, 9.17) is 0 Å². The van der Waals surface area contributed by atoms with Gasteiger partial charge in [-0.1, -0.05) is 13.8 Å². The largest absolute Gasteiger partial charge is 0.311 e. The molecule has 0 spiro atoms. The van der Waals surface area contributed by atoms with Gasteiger partial charge in [-0.05, 0) is 39.3 Å². The smallest absolute Gasteiger partial charge is 0.0694 e. The van der Waals surface area contributed by atoms with Crippen molar-refractivity contribution in [1.82, 2.24) is 20.0 Å². The summed E-state index contributed by atoms with van der Waals surface area (Å²) in [4.78, 5) is 2.39. The molecule has 108 valence electrons. The lowest BCUT2D eigenvalue weighted by atomic mass is 9.75. The van der Waals surface area contributed by atoms with E-state index in [1.807, 2.05) is 11.7 Å². The van der Waals surface area contributed by atoms with Crippen molar-refractivity contribution in [3.8, 4) is 0 Å². The van der Waals surface area contributed by atoms with E-state index in [-0.39, 0.29) is 0 Å². The van der Waals surface area contributed by atoms with E-state index in [9.17, 15) is 0 Å². The molecule has 1 N–H and O–H groups in total. The van der Waals surface area contributed by atoms with Crippen LogP contribution in [0.4, 0.5) is 0 Å². The van der Waals surface area contributed by atoms with Crippen LogP contribution >= 0.6 is 0 Å². The molecule has 0 bridgehead atoms. The minimum atomic E-state index is 0.389. The van der Waals surface area contributed by atoms with Crippen molar-refractivity contribution in [2.75, 3.05) is 20.6 Å². The topological polar surface area (TPSA) is 33.1 Å². The highest BCUT2D eigenvalue weighted by Crippen LogP contribution is 2.35. The van der Waals surface area contributed by atoms with E-state index in [1.54, 1.807) is 0 Å². The molecule has 0 atom stereocenters. The lowest BCUT2D eigenvalue weighted by molar-refractivity contribution is 0.0598. The summed E-state index contributed by atoms with van der Waals surface area (Å²) >= 11 is 0. The SMILES string of the molecule is CC(C)c1nn(C)cc1CNCC1(N(C)C)CCC1. The average Bonchev–Trinajstić information content (AvgIpc) is 2.63. The maximum Gasteiger partial charge on any atom is 0.0694 e. The van der Waals surface area contributed by atoms with Crippen LogP contribution in [0.2, 0.25) is 0 Å². The number of aryl methyl sites for hydroxylation is 1. The molecule has 0 radical (unpaired) electrons. The van der Waals surface area contributed by atoms with Crippen LogP contribution in [0, 0.1) is 0 Å². The van der Waals surface area contributed by atoms with Gasteiger partial charge in [-0.3, -0.25) is 4.68 Å². The van der Waals surface area contributed by atoms with Crippen LogP contribution in [0.1, 0.15) is 50.3 Å². The van der Waals surface area contributed by atoms with Crippen molar-refractivity contribution in [1.29, 1.82) is 0 Å². The Bertz CT molecular complexity index is 416. The number of nitrogens with one attached hydrogen (secondary N) is 1. The molecule has 1 aliphatic carbocycles. The second-order valence-electron chi connectivity index (χ2n) is 6.44. The van der Waals surface area contributed by atoms with E-state index >= 15 is 0 Å². The molecule has 4 nitrogen and oxygen atoms in total. The van der Waals surface area contributed by atoms with Gasteiger partial charge in [0.1, 0.15) is 0 Å². The van der Waals surface area contributed by atoms with Gasteiger partial charge in [0.05, 0.1) is 5.69 Å². The lowest BCUT2D eigenvalue weighted by Gasteiger charge is -2.47. The Hall–Kier alpha value is -0.870. The normalized spacial score (nSPS) is 18.1. The highest BCUT2D eigenvalue weighted by molar-refractivity contribution is 5.20. The molecule has 0 aliphatic heterocycles. The molecule has 0 unspecified atom stereocenters. The number of hydrogen-bond acceptors (Lipinski definition) is 3. The van der Waals surface area contributed by atoms with Crippen molar-refractivity contribution in [2.24, 2.45) is 7.05 Å². The van der Waals surface area contributed by atoms with E-state index in [2.05, 4.69) is 49.5 Å². The molecule has 2 rings (SSSR count). The fourth-order valence-corrected chi connectivity index (χ4v) is 2.97. The number of nitrogens with zero attached hydrogens (tertiary/aromatic N) is 3. The zero-order chi connectivity index (χ0) is 14.0. The van der Waals surface area contributed by atoms with Gasteiger partial charge in [0.15, 0.2) is 0 Å². The summed E-state index contributed by atoms with van der Waals surface area (Å²) in [5.74, 6) is 0.490. The van der Waals surface area contributed by atoms with Crippen LogP contribution in [0.3, 0.4) is 0 Å². The van der Waals surface area contributed by atoms with E-state index < -0.39 is 0 Å². The van der Waals surface area contributed by atoms with E-state index in [0.29, 0.717) is 11.5 Å². The van der Waals surface area contributed by atoms with Crippen LogP contribution < -0.4 is 5.32 Å². The summed E-state index contributed by atoms with van der Waals surface area (Å²) < 4.78 is 1.93. The quantitative estimate of drug-likeness (QED) is 0.854. The van der Waals surface area contributed by atoms with Crippen molar-refractivity contribution >= 4 is 0 Å². The second-order valence-corrected chi connectivity index (χ2v) is 6.44. The van der Waals surface area contributed by atoms with Crippen LogP contribution in [0.5, 0.6) is 0 Å². The Morgan fingerprint density at radius 2 is 2.11 bits per heavy atom. The van der Waals surface area contributed by atoms with Crippen LogP contribution in [0.25, 0.3) is 0 Å². The molecule has 19 heavy (non-hydrogen) atoms. The summed E-state index contributed by atoms with van der Waals surface area (Å²) in [6.07, 6.45) is 6.14. The molecule has 1 aromatic heterocycles. The minimum Gasteiger partial charge on any atom is -0.311 e. The second kappa shape index (κ2) is 5.63. The monoisotopic (exact) mass is 264 g/mol. The molecular weight excluding hydrogens is 236 g/mol. The fourth-order valence-electron chi connectivity index (χ4n) is 2.97. The third kappa shape index (κ3) is 3.00. The summed E-state index contributed by atoms with van der Waals surface area (Å²) in [5, 5.41) is 8.20. The average molecular weight is 264 g/mol. The Morgan fingerprint density at radius 3 is 2.58 bits per heavy atom. The Morgan fingerprint density at radius 1 is 1.42 bits per heavy atom. The van der Waals surface area contributed by atoms with Gasteiger partial charge in [-0.2, -0.15) is 5.10 Å². The molecule has 1 aliphatic rings. The van der Waals surface area contributed by atoms with Crippen molar-refractivity contribution in [3.63, 3.8) is 0 Å². The molecule has 0 amide bonds. The molecule has 0 saturated heterocycles. The lowest BCUT2D eigenvalue weighted by Crippen LogP contribution is -2.56. The molecule has 1 heterocycles. The molecule has 0 aromatic carbocycles. The van der Waals surface area contributed by atoms with Crippen LogP contribution in [-0.2, 0) is 13.6 Å². The molecule has 1 aromatic rings. The van der Waals surface area contributed by atoms with Gasteiger partial charge in [0.25, 0.3) is 0 Å². The molecule has 1 saturated carbocycles. The Kier molecular flexibility index (Phi) is 4.31. The van der Waals surface area contributed by atoms with Gasteiger partial charge >= 0.3 is 0 Å². The van der Waals surface area contributed by atoms with Crippen molar-refractivity contribution in [3.05, 3.63) is 17.5 Å². The highest BCUT2D eigenvalue weighted by atomic mass is 15.3. The van der Waals surface area contributed by atoms with E-state index in [1.165, 1.54) is 30.5 Å². The summed E-state index contributed by atoms with van der Waals surface area (Å²) in [7, 11) is 6.40. The molecule has 4 heteroatoms. The summed E-state index contributed by atoms with van der Waals surface area (Å²) in [5.41, 5.74) is 2.95. The standard InChI is InChI=1S/C15H28N4/c1-12(2)14-13(10-19(5)17-14)9-16-11-15(18(3)4)7-6-8-15/h10,12,16H,6-9,11H2,1-5H3. The zero-order valence-corrected chi connectivity index (χ0v) is 13.0. The maximum atomic E-state index is 4.56. The molecule has 1 fully saturated rings. The van der Waals surface area contributed by atoms with Gasteiger partial charge in [0, 0.05) is 37.4 Å². The molecular formula is C15H28N4. The predicted octanol–water partition coefficient (Wildman–Crippen LogP) is 2.12. The third-order valence-corrected chi connectivity index (χ3v) is 4.49. The first kappa shape index (κ1) is 14.5. The first-order chi connectivity index (χ1) is 8.94. The van der Waals surface area contributed by atoms with Gasteiger partial charge in [-0.25, -0.2) is 0 Å². The third-order valence-electron chi connectivity index (χ3n) is 4.49. The van der Waals surface area contributed by atoms with Gasteiger partial charge < -0.3 is 10.2 Å². The Balaban J connectivity index is 1.92. The van der Waals surface area contributed by atoms with Crippen LogP contribution in [0.15, 0.2) is 6.20 Å². The minimum absolute atomic E-state index is 0.389. The van der Waals surface area contributed by atoms with Crippen molar-refractivity contribution < 1.29 is 0 Å². The first-order valence-corrected chi connectivity index (χ1v) is 7.35. The highest BCUT2D eigenvalue weighted by Gasteiger charge is 2.38. The number of hydrogen-bond donors (Lipinski definition) is 1. The van der Waals surface area contributed by atoms with Crippen molar-refractivity contribution in [2.45, 2.75) is 51.1 Å². The fraction of sp³-hybridized carbons (Fsp3) is 0.800. The summed E-state index contributed by atoms with van der Waals surface area (Å²) in [6.45, 7) is 6.42. The summed E-state index contributed by atoms with van der Waals surface area (Å²) in [6, 6.07) is 0. The number of aromatic nitrogens is 2.